The van der Waals surface area contributed by atoms with Crippen LogP contribution in [0.15, 0.2) is 119 Å². The van der Waals surface area contributed by atoms with Gasteiger partial charge < -0.3 is 0 Å². The molecule has 4 aromatic rings. The van der Waals surface area contributed by atoms with Gasteiger partial charge in [-0.05, 0) is 54.7 Å². The molecule has 2 nitrogen and oxygen atoms in total. The highest BCUT2D eigenvalue weighted by molar-refractivity contribution is 7.80. The highest BCUT2D eigenvalue weighted by Crippen LogP contribution is 2.34. The van der Waals surface area contributed by atoms with Crippen LogP contribution in [-0.4, -0.2) is 24.5 Å². The Morgan fingerprint density at radius 2 is 1.06 bits per heavy atom. The molecule has 180 valence electrons. The summed E-state index contributed by atoms with van der Waals surface area (Å²) in [6.45, 7) is 2.15. The number of aryl methyl sites for hydroxylation is 1. The third kappa shape index (κ3) is 5.89. The van der Waals surface area contributed by atoms with Crippen LogP contribution in [0.3, 0.4) is 0 Å². The molecular formula is C33H33N2P. The zero-order chi connectivity index (χ0) is 24.6. The van der Waals surface area contributed by atoms with E-state index in [0.29, 0.717) is 0 Å². The van der Waals surface area contributed by atoms with Gasteiger partial charge >= 0.3 is 0 Å². The summed E-state index contributed by atoms with van der Waals surface area (Å²) in [5.41, 5.74) is 3.68. The van der Waals surface area contributed by atoms with Crippen LogP contribution in [0.4, 0.5) is 0 Å². The average molecular weight is 489 g/mol. The van der Waals surface area contributed by atoms with Crippen molar-refractivity contribution in [3.05, 3.63) is 126 Å². The molecule has 0 saturated heterocycles. The van der Waals surface area contributed by atoms with Crippen molar-refractivity contribution in [2.75, 3.05) is 0 Å². The van der Waals surface area contributed by atoms with E-state index in [1.807, 2.05) is 0 Å². The molecule has 0 amide bonds. The Kier molecular flexibility index (Phi) is 8.16. The predicted octanol–water partition coefficient (Wildman–Crippen LogP) is 6.60. The van der Waals surface area contributed by atoms with Crippen LogP contribution in [-0.2, 0) is 0 Å². The van der Waals surface area contributed by atoms with Crippen molar-refractivity contribution in [2.24, 2.45) is 9.98 Å². The van der Waals surface area contributed by atoms with Crippen molar-refractivity contribution in [2.45, 2.75) is 44.7 Å². The maximum absolute atomic E-state index is 5.17. The summed E-state index contributed by atoms with van der Waals surface area (Å²) in [4.78, 5) is 10.2. The van der Waals surface area contributed by atoms with Gasteiger partial charge in [-0.25, -0.2) is 0 Å². The van der Waals surface area contributed by atoms with E-state index < -0.39 is 7.92 Å². The van der Waals surface area contributed by atoms with Crippen molar-refractivity contribution in [1.29, 1.82) is 0 Å². The number of nitrogens with zero attached hydrogens (tertiary/aromatic N) is 2. The smallest absolute Gasteiger partial charge is 0.0723 e. The van der Waals surface area contributed by atoms with Gasteiger partial charge in [0.15, 0.2) is 0 Å². The summed E-state index contributed by atoms with van der Waals surface area (Å²) < 4.78 is 0. The standard InChI is InChI=1S/C33H33N2P/c1-26-14-8-9-15-27(26)24-34-31-21-11-12-22-32(31)35-25-28-16-10-13-23-33(28)36(29-17-4-2-5-18-29)30-19-6-3-7-20-30/h2-10,13-20,23-25,31-32H,11-12,21-22H2,1H3/b34-24+,35-25+/t31-,32-/m1/s1. The monoisotopic (exact) mass is 488 g/mol. The summed E-state index contributed by atoms with van der Waals surface area (Å²) in [6.07, 6.45) is 8.84. The number of rotatable bonds is 7. The van der Waals surface area contributed by atoms with Gasteiger partial charge in [0.25, 0.3) is 0 Å². The lowest BCUT2D eigenvalue weighted by atomic mass is 9.91. The zero-order valence-corrected chi connectivity index (χ0v) is 21.8. The molecule has 5 rings (SSSR count). The Balaban J connectivity index is 1.45. The lowest BCUT2D eigenvalue weighted by molar-refractivity contribution is 0.390. The number of benzene rings is 4. The van der Waals surface area contributed by atoms with Crippen LogP contribution in [0.2, 0.25) is 0 Å². The minimum atomic E-state index is -0.668. The molecule has 36 heavy (non-hydrogen) atoms. The third-order valence-electron chi connectivity index (χ3n) is 6.90. The molecule has 3 heteroatoms. The summed E-state index contributed by atoms with van der Waals surface area (Å²) >= 11 is 0. The van der Waals surface area contributed by atoms with Crippen LogP contribution in [0.25, 0.3) is 0 Å². The first-order valence-corrected chi connectivity index (χ1v) is 14.2. The van der Waals surface area contributed by atoms with Crippen LogP contribution in [0.1, 0.15) is 42.4 Å². The lowest BCUT2D eigenvalue weighted by Gasteiger charge is -2.26. The minimum Gasteiger partial charge on any atom is -0.287 e. The van der Waals surface area contributed by atoms with Gasteiger partial charge in [-0.15, -0.1) is 0 Å². The van der Waals surface area contributed by atoms with E-state index in [4.69, 9.17) is 9.98 Å². The molecule has 2 atom stereocenters. The minimum absolute atomic E-state index is 0.228. The topological polar surface area (TPSA) is 24.7 Å². The molecule has 0 bridgehead atoms. The second-order valence-corrected chi connectivity index (χ2v) is 11.6. The van der Waals surface area contributed by atoms with E-state index in [2.05, 4.69) is 129 Å². The van der Waals surface area contributed by atoms with E-state index in [1.54, 1.807) is 0 Å². The average Bonchev–Trinajstić information content (AvgIpc) is 2.94. The number of hydrogen-bond acceptors (Lipinski definition) is 2. The lowest BCUT2D eigenvalue weighted by Crippen LogP contribution is -2.28. The Morgan fingerprint density at radius 1 is 0.583 bits per heavy atom. The highest BCUT2D eigenvalue weighted by atomic mass is 31.1. The molecule has 0 aromatic heterocycles. The van der Waals surface area contributed by atoms with Gasteiger partial charge in [0.05, 0.1) is 12.1 Å². The number of aliphatic imine (C=N–C) groups is 2. The van der Waals surface area contributed by atoms with Gasteiger partial charge in [-0.1, -0.05) is 122 Å². The molecule has 0 unspecified atom stereocenters. The van der Waals surface area contributed by atoms with E-state index >= 15 is 0 Å². The Morgan fingerprint density at radius 3 is 1.64 bits per heavy atom. The van der Waals surface area contributed by atoms with Crippen LogP contribution >= 0.6 is 7.92 Å². The SMILES string of the molecule is Cc1ccccc1/C=N/[C@@H]1CCCC[C@H]1/N=C/c1ccccc1P(c1ccccc1)c1ccccc1. The first-order chi connectivity index (χ1) is 17.8. The molecule has 1 fully saturated rings. The molecule has 1 aliphatic rings. The molecule has 0 N–H and O–H groups in total. The fourth-order valence-electron chi connectivity index (χ4n) is 4.90. The quantitative estimate of drug-likeness (QED) is 0.207. The molecule has 4 aromatic carbocycles. The van der Waals surface area contributed by atoms with E-state index in [1.165, 1.54) is 45.4 Å². The summed E-state index contributed by atoms with van der Waals surface area (Å²) in [7, 11) is -0.668. The molecule has 0 heterocycles. The number of hydrogen-bond donors (Lipinski definition) is 0. The second-order valence-electron chi connectivity index (χ2n) is 9.40. The molecule has 0 aliphatic heterocycles. The zero-order valence-electron chi connectivity index (χ0n) is 20.9. The normalized spacial score (nSPS) is 18.3. The van der Waals surface area contributed by atoms with Crippen molar-refractivity contribution in [3.63, 3.8) is 0 Å². The largest absolute Gasteiger partial charge is 0.287 e. The van der Waals surface area contributed by atoms with Crippen molar-refractivity contribution < 1.29 is 0 Å². The van der Waals surface area contributed by atoms with Crippen LogP contribution in [0.5, 0.6) is 0 Å². The fraction of sp³-hybridized carbons (Fsp3) is 0.212. The van der Waals surface area contributed by atoms with Crippen LogP contribution < -0.4 is 15.9 Å². The fourth-order valence-corrected chi connectivity index (χ4v) is 7.33. The van der Waals surface area contributed by atoms with Crippen molar-refractivity contribution in [1.82, 2.24) is 0 Å². The third-order valence-corrected chi connectivity index (χ3v) is 9.42. The van der Waals surface area contributed by atoms with E-state index in [0.717, 1.165) is 12.8 Å². The Labute approximate surface area is 216 Å². The highest BCUT2D eigenvalue weighted by Gasteiger charge is 2.24. The molecule has 1 saturated carbocycles. The maximum atomic E-state index is 5.17. The van der Waals surface area contributed by atoms with E-state index in [-0.39, 0.29) is 12.1 Å². The second kappa shape index (κ2) is 12.1. The maximum Gasteiger partial charge on any atom is 0.0723 e. The van der Waals surface area contributed by atoms with Gasteiger partial charge in [-0.2, -0.15) is 0 Å². The Bertz CT molecular complexity index is 1270. The molecule has 0 spiro atoms. The summed E-state index contributed by atoms with van der Waals surface area (Å²) in [5.74, 6) is 0. The van der Waals surface area contributed by atoms with Gasteiger partial charge in [0.1, 0.15) is 0 Å². The first kappa shape index (κ1) is 24.3. The molecule has 0 radical (unpaired) electrons. The molecule has 1 aliphatic carbocycles. The van der Waals surface area contributed by atoms with Crippen molar-refractivity contribution in [3.8, 4) is 0 Å². The Hall–Kier alpha value is -3.35. The first-order valence-electron chi connectivity index (χ1n) is 12.9. The van der Waals surface area contributed by atoms with E-state index in [9.17, 15) is 0 Å². The van der Waals surface area contributed by atoms with Gasteiger partial charge in [0, 0.05) is 18.0 Å². The molecular weight excluding hydrogens is 455 g/mol. The van der Waals surface area contributed by atoms with Gasteiger partial charge in [0.2, 0.25) is 0 Å². The van der Waals surface area contributed by atoms with Crippen molar-refractivity contribution >= 4 is 36.3 Å². The summed E-state index contributed by atoms with van der Waals surface area (Å²) in [6, 6.07) is 39.5. The van der Waals surface area contributed by atoms with Crippen LogP contribution in [0, 0.1) is 6.92 Å². The van der Waals surface area contributed by atoms with Gasteiger partial charge in [-0.3, -0.25) is 9.98 Å². The predicted molar refractivity (Wildman–Crippen MR) is 158 cm³/mol. The summed E-state index contributed by atoms with van der Waals surface area (Å²) in [5, 5.41) is 4.07.